The average Bonchev–Trinajstić information content (AvgIpc) is 3.36. The van der Waals surface area contributed by atoms with Crippen LogP contribution in [0.1, 0.15) is 10.4 Å². The largest absolute Gasteiger partial charge is 0.298 e. The van der Waals surface area contributed by atoms with Crippen molar-refractivity contribution in [2.24, 2.45) is 0 Å². The molecule has 6 nitrogen and oxygen atoms in total. The fourth-order valence-corrected chi connectivity index (χ4v) is 6.71. The lowest BCUT2D eigenvalue weighted by molar-refractivity contribution is 0.102. The molecule has 0 atom stereocenters. The van der Waals surface area contributed by atoms with E-state index in [1.54, 1.807) is 42.5 Å². The minimum atomic E-state index is -3.89. The number of hydrogen-bond acceptors (Lipinski definition) is 5. The van der Waals surface area contributed by atoms with E-state index in [1.807, 2.05) is 42.5 Å². The molecule has 39 heavy (non-hydrogen) atoms. The van der Waals surface area contributed by atoms with Crippen LogP contribution in [0.3, 0.4) is 0 Å². The Hall–Kier alpha value is -3.69. The number of nitrogens with one attached hydrogen (secondary N) is 1. The van der Waals surface area contributed by atoms with Crippen LogP contribution in [0.4, 0.5) is 10.8 Å². The molecule has 1 amide bonds. The molecule has 5 aromatic rings. The number of anilines is 2. The third-order valence-electron chi connectivity index (χ3n) is 5.97. The van der Waals surface area contributed by atoms with Crippen LogP contribution >= 0.6 is 34.5 Å². The third-order valence-corrected chi connectivity index (χ3v) is 9.41. The summed E-state index contributed by atoms with van der Waals surface area (Å²) in [4.78, 5) is 18.7. The van der Waals surface area contributed by atoms with E-state index in [0.717, 1.165) is 10.4 Å². The van der Waals surface area contributed by atoms with Gasteiger partial charge in [0.1, 0.15) is 0 Å². The van der Waals surface area contributed by atoms with Crippen LogP contribution in [0.15, 0.2) is 108 Å². The van der Waals surface area contributed by atoms with E-state index in [9.17, 15) is 13.2 Å². The molecule has 0 saturated heterocycles. The number of aromatic nitrogens is 1. The second-order valence-electron chi connectivity index (χ2n) is 8.45. The van der Waals surface area contributed by atoms with E-state index < -0.39 is 15.9 Å². The minimum Gasteiger partial charge on any atom is -0.298 e. The number of halogens is 2. The van der Waals surface area contributed by atoms with E-state index in [-0.39, 0.29) is 10.5 Å². The maximum atomic E-state index is 13.3. The average molecular weight is 595 g/mol. The van der Waals surface area contributed by atoms with Gasteiger partial charge in [0.25, 0.3) is 15.9 Å². The van der Waals surface area contributed by atoms with Gasteiger partial charge < -0.3 is 0 Å². The van der Waals surface area contributed by atoms with E-state index in [4.69, 9.17) is 23.2 Å². The van der Waals surface area contributed by atoms with Crippen molar-refractivity contribution in [1.82, 2.24) is 4.98 Å². The molecular formula is C29H21Cl2N3O3S2. The van der Waals surface area contributed by atoms with Gasteiger partial charge in [-0.1, -0.05) is 95.2 Å². The van der Waals surface area contributed by atoms with E-state index >= 15 is 0 Å². The summed E-state index contributed by atoms with van der Waals surface area (Å²) in [6.07, 6.45) is 0. The Kier molecular flexibility index (Phi) is 7.72. The summed E-state index contributed by atoms with van der Waals surface area (Å²) in [5, 5.41) is 4.17. The molecule has 0 unspecified atom stereocenters. The van der Waals surface area contributed by atoms with Crippen molar-refractivity contribution in [2.75, 3.05) is 16.7 Å². The number of nitrogens with zero attached hydrogens (tertiary/aromatic N) is 2. The highest BCUT2D eigenvalue weighted by molar-refractivity contribution is 7.92. The molecule has 0 saturated carbocycles. The number of thiazole rings is 1. The van der Waals surface area contributed by atoms with Crippen LogP contribution in [-0.2, 0) is 10.0 Å². The zero-order valence-corrected chi connectivity index (χ0v) is 23.7. The first kappa shape index (κ1) is 26.9. The van der Waals surface area contributed by atoms with Gasteiger partial charge in [0.15, 0.2) is 5.13 Å². The van der Waals surface area contributed by atoms with Gasteiger partial charge in [-0.05, 0) is 42.5 Å². The normalized spacial score (nSPS) is 11.3. The summed E-state index contributed by atoms with van der Waals surface area (Å²) in [6, 6.07) is 29.3. The summed E-state index contributed by atoms with van der Waals surface area (Å²) in [5.41, 5.74) is 2.71. The Bertz CT molecular complexity index is 1710. The zero-order valence-electron chi connectivity index (χ0n) is 20.5. The van der Waals surface area contributed by atoms with Crippen LogP contribution in [0.25, 0.3) is 21.7 Å². The molecule has 196 valence electrons. The predicted molar refractivity (Wildman–Crippen MR) is 159 cm³/mol. The van der Waals surface area contributed by atoms with Gasteiger partial charge in [-0.15, -0.1) is 0 Å². The fourth-order valence-electron chi connectivity index (χ4n) is 3.94. The highest BCUT2D eigenvalue weighted by atomic mass is 35.5. The molecule has 0 bridgehead atoms. The Labute approximate surface area is 240 Å². The summed E-state index contributed by atoms with van der Waals surface area (Å²) >= 11 is 14.2. The number of benzene rings is 4. The topological polar surface area (TPSA) is 79.4 Å². The number of rotatable bonds is 7. The second kappa shape index (κ2) is 11.2. The molecule has 0 fully saturated rings. The Morgan fingerprint density at radius 1 is 0.821 bits per heavy atom. The first-order chi connectivity index (χ1) is 18.8. The number of carbonyl (C=O) groups is 1. The highest BCUT2D eigenvalue weighted by Crippen LogP contribution is 2.43. The predicted octanol–water partition coefficient (Wildman–Crippen LogP) is 7.86. The van der Waals surface area contributed by atoms with Gasteiger partial charge in [0.2, 0.25) is 0 Å². The van der Waals surface area contributed by atoms with E-state index in [1.165, 1.54) is 40.9 Å². The maximum Gasteiger partial charge on any atom is 0.264 e. The van der Waals surface area contributed by atoms with Crippen molar-refractivity contribution in [3.63, 3.8) is 0 Å². The number of para-hydroxylation sites is 1. The lowest BCUT2D eigenvalue weighted by atomic mass is 10.1. The first-order valence-corrected chi connectivity index (χ1v) is 14.7. The first-order valence-electron chi connectivity index (χ1n) is 11.7. The summed E-state index contributed by atoms with van der Waals surface area (Å²) in [7, 11) is -2.42. The number of sulfonamides is 1. The van der Waals surface area contributed by atoms with Crippen molar-refractivity contribution in [3.8, 4) is 21.7 Å². The molecule has 10 heteroatoms. The van der Waals surface area contributed by atoms with Gasteiger partial charge in [0.05, 0.1) is 26.2 Å². The Balaban J connectivity index is 1.48. The number of hydrogen-bond donors (Lipinski definition) is 1. The van der Waals surface area contributed by atoms with Crippen molar-refractivity contribution < 1.29 is 13.2 Å². The quantitative estimate of drug-likeness (QED) is 0.208. The van der Waals surface area contributed by atoms with E-state index in [0.29, 0.717) is 32.1 Å². The molecular weight excluding hydrogens is 573 g/mol. The SMILES string of the molecule is CN(c1ccccc1)S(=O)(=O)c1cccc(C(=O)Nc2nc(-c3ccccc3Cl)c(-c3ccccc3Cl)s2)c1. The minimum absolute atomic E-state index is 0.00541. The van der Waals surface area contributed by atoms with Gasteiger partial charge in [-0.2, -0.15) is 0 Å². The highest BCUT2D eigenvalue weighted by Gasteiger charge is 2.24. The van der Waals surface area contributed by atoms with Crippen LogP contribution in [0, 0.1) is 0 Å². The summed E-state index contributed by atoms with van der Waals surface area (Å²) in [5.74, 6) is -0.500. The molecule has 0 aliphatic carbocycles. The third kappa shape index (κ3) is 5.55. The summed E-state index contributed by atoms with van der Waals surface area (Å²) in [6.45, 7) is 0. The van der Waals surface area contributed by atoms with Crippen LogP contribution in [0.5, 0.6) is 0 Å². The molecule has 1 heterocycles. The number of carbonyl (C=O) groups excluding carboxylic acids is 1. The molecule has 4 aromatic carbocycles. The van der Waals surface area contributed by atoms with Crippen LogP contribution in [0.2, 0.25) is 10.0 Å². The number of amides is 1. The molecule has 1 N–H and O–H groups in total. The van der Waals surface area contributed by atoms with Crippen molar-refractivity contribution in [1.29, 1.82) is 0 Å². The zero-order chi connectivity index (χ0) is 27.6. The van der Waals surface area contributed by atoms with Gasteiger partial charge in [-0.25, -0.2) is 13.4 Å². The van der Waals surface area contributed by atoms with Crippen molar-refractivity contribution >= 4 is 61.3 Å². The maximum absolute atomic E-state index is 13.3. The van der Waals surface area contributed by atoms with Crippen molar-refractivity contribution in [3.05, 3.63) is 119 Å². The molecule has 1 aromatic heterocycles. The van der Waals surface area contributed by atoms with E-state index in [2.05, 4.69) is 10.3 Å². The fraction of sp³-hybridized carbons (Fsp3) is 0.0345. The molecule has 5 rings (SSSR count). The van der Waals surface area contributed by atoms with Gasteiger partial charge in [-0.3, -0.25) is 14.4 Å². The standard InChI is InChI=1S/C29H21Cl2N3O3S2/c1-34(20-11-3-2-4-12-20)39(36,37)21-13-9-10-19(18-21)28(35)33-29-32-26(22-14-5-7-16-24(22)30)27(38-29)23-15-6-8-17-25(23)31/h2-18H,1H3,(H,32,33,35). The molecule has 0 aliphatic rings. The van der Waals surface area contributed by atoms with Crippen LogP contribution in [-0.4, -0.2) is 26.4 Å². The second-order valence-corrected chi connectivity index (χ2v) is 12.2. The lowest BCUT2D eigenvalue weighted by Crippen LogP contribution is -2.26. The molecule has 0 radical (unpaired) electrons. The Morgan fingerprint density at radius 3 is 2.10 bits per heavy atom. The van der Waals surface area contributed by atoms with Gasteiger partial charge >= 0.3 is 0 Å². The molecule has 0 aliphatic heterocycles. The van der Waals surface area contributed by atoms with Crippen LogP contribution < -0.4 is 9.62 Å². The smallest absolute Gasteiger partial charge is 0.264 e. The lowest BCUT2D eigenvalue weighted by Gasteiger charge is -2.19. The van der Waals surface area contributed by atoms with Gasteiger partial charge in [0, 0.05) is 28.8 Å². The Morgan fingerprint density at radius 2 is 1.44 bits per heavy atom. The van der Waals surface area contributed by atoms with Crippen molar-refractivity contribution in [2.45, 2.75) is 4.90 Å². The molecule has 0 spiro atoms. The summed E-state index contributed by atoms with van der Waals surface area (Å²) < 4.78 is 27.7. The monoisotopic (exact) mass is 593 g/mol.